The predicted molar refractivity (Wildman–Crippen MR) is 97.8 cm³/mol. The van der Waals surface area contributed by atoms with Gasteiger partial charge >= 0.3 is 0 Å². The number of nitrogens with zero attached hydrogens (tertiary/aromatic N) is 1. The lowest BCUT2D eigenvalue weighted by Gasteiger charge is -2.21. The van der Waals surface area contributed by atoms with Gasteiger partial charge < -0.3 is 15.1 Å². The molecular formula is C18H19N3O3S. The van der Waals surface area contributed by atoms with Gasteiger partial charge in [0, 0.05) is 5.69 Å². The molecule has 6 nitrogen and oxygen atoms in total. The molecule has 0 spiro atoms. The number of carbonyl (C=O) groups excluding carboxylic acids is 2. The molecule has 0 fully saturated rings. The van der Waals surface area contributed by atoms with Crippen LogP contribution in [-0.4, -0.2) is 22.8 Å². The largest absolute Gasteiger partial charge is 0.459 e. The Morgan fingerprint density at radius 2 is 2.04 bits per heavy atom. The number of fused-ring (bicyclic) bond motifs is 1. The zero-order valence-electron chi connectivity index (χ0n) is 14.2. The van der Waals surface area contributed by atoms with Crippen LogP contribution in [0.15, 0.2) is 41.0 Å². The molecule has 0 radical (unpaired) electrons. The molecule has 3 aromatic rings. The monoisotopic (exact) mass is 357 g/mol. The fraction of sp³-hybridized carbons (Fsp3) is 0.278. The Morgan fingerprint density at radius 3 is 2.72 bits per heavy atom. The van der Waals surface area contributed by atoms with E-state index in [-0.39, 0.29) is 17.6 Å². The molecule has 0 aliphatic heterocycles. The van der Waals surface area contributed by atoms with E-state index < -0.39 is 11.9 Å². The van der Waals surface area contributed by atoms with Crippen molar-refractivity contribution in [3.63, 3.8) is 0 Å². The third kappa shape index (κ3) is 3.88. The second kappa shape index (κ2) is 7.06. The van der Waals surface area contributed by atoms with E-state index in [9.17, 15) is 9.59 Å². The smallest absolute Gasteiger partial charge is 0.287 e. The van der Waals surface area contributed by atoms with Gasteiger partial charge in [-0.2, -0.15) is 0 Å². The van der Waals surface area contributed by atoms with Crippen LogP contribution in [0.2, 0.25) is 0 Å². The number of hydrogen-bond donors (Lipinski definition) is 2. The molecule has 2 aromatic heterocycles. The molecule has 0 aliphatic rings. The van der Waals surface area contributed by atoms with Crippen LogP contribution < -0.4 is 10.6 Å². The van der Waals surface area contributed by atoms with Crippen molar-refractivity contribution in [3.8, 4) is 0 Å². The number of carbonyl (C=O) groups is 2. The van der Waals surface area contributed by atoms with Gasteiger partial charge in [-0.25, -0.2) is 4.98 Å². The van der Waals surface area contributed by atoms with Gasteiger partial charge in [-0.3, -0.25) is 9.59 Å². The normalized spacial score (nSPS) is 12.3. The summed E-state index contributed by atoms with van der Waals surface area (Å²) in [5.74, 6) is -0.573. The van der Waals surface area contributed by atoms with Crippen molar-refractivity contribution in [3.05, 3.63) is 47.4 Å². The highest BCUT2D eigenvalue weighted by Gasteiger charge is 2.25. The van der Waals surface area contributed by atoms with Crippen molar-refractivity contribution < 1.29 is 14.0 Å². The second-order valence-electron chi connectivity index (χ2n) is 6.08. The number of amides is 2. The fourth-order valence-electron chi connectivity index (χ4n) is 2.49. The summed E-state index contributed by atoms with van der Waals surface area (Å²) in [6.07, 6.45) is 1.42. The van der Waals surface area contributed by atoms with Crippen LogP contribution in [-0.2, 0) is 4.79 Å². The zero-order valence-corrected chi connectivity index (χ0v) is 15.0. The minimum atomic E-state index is -0.670. The third-order valence-corrected chi connectivity index (χ3v) is 4.68. The number of rotatable bonds is 5. The maximum atomic E-state index is 12.6. The van der Waals surface area contributed by atoms with Gasteiger partial charge in [-0.15, -0.1) is 11.3 Å². The number of anilines is 1. The van der Waals surface area contributed by atoms with Gasteiger partial charge in [-0.1, -0.05) is 13.8 Å². The first-order valence-electron chi connectivity index (χ1n) is 7.96. The summed E-state index contributed by atoms with van der Waals surface area (Å²) in [5.41, 5.74) is 1.59. The first kappa shape index (κ1) is 17.2. The molecule has 0 unspecified atom stereocenters. The summed E-state index contributed by atoms with van der Waals surface area (Å²) in [5, 5.41) is 6.57. The number of benzene rings is 1. The highest BCUT2D eigenvalue weighted by atomic mass is 32.1. The van der Waals surface area contributed by atoms with Crippen molar-refractivity contribution in [2.24, 2.45) is 5.92 Å². The Bertz CT molecular complexity index is 900. The maximum Gasteiger partial charge on any atom is 0.287 e. The van der Waals surface area contributed by atoms with Gasteiger partial charge in [0.2, 0.25) is 5.91 Å². The summed E-state index contributed by atoms with van der Waals surface area (Å²) in [6, 6.07) is 8.10. The van der Waals surface area contributed by atoms with Gasteiger partial charge in [0.1, 0.15) is 6.04 Å². The fourth-order valence-corrected chi connectivity index (χ4v) is 3.36. The van der Waals surface area contributed by atoms with Crippen molar-refractivity contribution in [1.82, 2.24) is 10.3 Å². The summed E-state index contributed by atoms with van der Waals surface area (Å²) < 4.78 is 6.09. The predicted octanol–water partition coefficient (Wildman–Crippen LogP) is 3.59. The van der Waals surface area contributed by atoms with Crippen molar-refractivity contribution in [1.29, 1.82) is 0 Å². The van der Waals surface area contributed by atoms with E-state index in [1.807, 2.05) is 39.0 Å². The second-order valence-corrected chi connectivity index (χ2v) is 7.31. The Balaban J connectivity index is 1.74. The van der Waals surface area contributed by atoms with Gasteiger partial charge in [0.15, 0.2) is 5.76 Å². The summed E-state index contributed by atoms with van der Waals surface area (Å²) in [6.45, 7) is 5.70. The van der Waals surface area contributed by atoms with E-state index >= 15 is 0 Å². The van der Waals surface area contributed by atoms with Crippen LogP contribution in [0.5, 0.6) is 0 Å². The Kier molecular flexibility index (Phi) is 4.85. The number of aryl methyl sites for hydroxylation is 1. The Labute approximate surface area is 149 Å². The lowest BCUT2D eigenvalue weighted by molar-refractivity contribution is -0.118. The molecule has 0 saturated heterocycles. The van der Waals surface area contributed by atoms with E-state index in [1.54, 1.807) is 23.5 Å². The van der Waals surface area contributed by atoms with E-state index in [0.717, 1.165) is 15.2 Å². The molecule has 1 atom stereocenters. The standard InChI is InChI=1S/C18H19N3O3S/c1-10(2)16(21-17(22)14-5-4-8-24-14)18(23)20-12-6-7-13-15(9-12)25-11(3)19-13/h4-10,16H,1-3H3,(H,20,23)(H,21,22)/t16-/m1/s1. The first-order chi connectivity index (χ1) is 11.9. The van der Waals surface area contributed by atoms with Crippen LogP contribution >= 0.6 is 11.3 Å². The average molecular weight is 357 g/mol. The van der Waals surface area contributed by atoms with Crippen molar-refractivity contribution in [2.45, 2.75) is 26.8 Å². The molecule has 7 heteroatoms. The third-order valence-electron chi connectivity index (χ3n) is 3.74. The highest BCUT2D eigenvalue weighted by Crippen LogP contribution is 2.25. The Morgan fingerprint density at radius 1 is 1.24 bits per heavy atom. The van der Waals surface area contributed by atoms with Crippen molar-refractivity contribution >= 4 is 39.1 Å². The molecule has 130 valence electrons. The van der Waals surface area contributed by atoms with Crippen LogP contribution in [0.1, 0.15) is 29.4 Å². The lowest BCUT2D eigenvalue weighted by atomic mass is 10.0. The summed E-state index contributed by atoms with van der Waals surface area (Å²) >= 11 is 1.57. The molecule has 25 heavy (non-hydrogen) atoms. The van der Waals surface area contributed by atoms with E-state index in [4.69, 9.17) is 4.42 Å². The molecule has 0 bridgehead atoms. The molecule has 2 N–H and O–H groups in total. The molecule has 3 rings (SSSR count). The van der Waals surface area contributed by atoms with Gasteiger partial charge in [-0.05, 0) is 43.2 Å². The molecular weight excluding hydrogens is 338 g/mol. The maximum absolute atomic E-state index is 12.6. The summed E-state index contributed by atoms with van der Waals surface area (Å²) in [4.78, 5) is 29.2. The Hall–Kier alpha value is -2.67. The minimum Gasteiger partial charge on any atom is -0.459 e. The van der Waals surface area contributed by atoms with E-state index in [0.29, 0.717) is 5.69 Å². The number of hydrogen-bond acceptors (Lipinski definition) is 5. The lowest BCUT2D eigenvalue weighted by Crippen LogP contribution is -2.47. The number of furan rings is 1. The quantitative estimate of drug-likeness (QED) is 0.731. The molecule has 1 aromatic carbocycles. The highest BCUT2D eigenvalue weighted by molar-refractivity contribution is 7.18. The minimum absolute atomic E-state index is 0.0757. The van der Waals surface area contributed by atoms with Crippen molar-refractivity contribution in [2.75, 3.05) is 5.32 Å². The molecule has 0 saturated carbocycles. The first-order valence-corrected chi connectivity index (χ1v) is 8.78. The molecule has 2 heterocycles. The topological polar surface area (TPSA) is 84.2 Å². The van der Waals surface area contributed by atoms with Gasteiger partial charge in [0.05, 0.1) is 21.5 Å². The van der Waals surface area contributed by atoms with Crippen LogP contribution in [0.3, 0.4) is 0 Å². The molecule has 2 amide bonds. The summed E-state index contributed by atoms with van der Waals surface area (Å²) in [7, 11) is 0. The van der Waals surface area contributed by atoms with Crippen LogP contribution in [0.25, 0.3) is 10.2 Å². The number of thiazole rings is 1. The number of nitrogens with one attached hydrogen (secondary N) is 2. The van der Waals surface area contributed by atoms with E-state index in [1.165, 1.54) is 6.26 Å². The molecule has 0 aliphatic carbocycles. The number of aromatic nitrogens is 1. The van der Waals surface area contributed by atoms with Crippen LogP contribution in [0, 0.1) is 12.8 Å². The zero-order chi connectivity index (χ0) is 18.0. The van der Waals surface area contributed by atoms with Gasteiger partial charge in [0.25, 0.3) is 5.91 Å². The van der Waals surface area contributed by atoms with Crippen LogP contribution in [0.4, 0.5) is 5.69 Å². The van der Waals surface area contributed by atoms with E-state index in [2.05, 4.69) is 15.6 Å². The SMILES string of the molecule is Cc1nc2ccc(NC(=O)[C@H](NC(=O)c3ccco3)C(C)C)cc2s1. The average Bonchev–Trinajstić information content (AvgIpc) is 3.20.